The molecule has 0 saturated carbocycles. The van der Waals surface area contributed by atoms with E-state index in [4.69, 9.17) is 13.9 Å². The topological polar surface area (TPSA) is 47.9 Å². The van der Waals surface area contributed by atoms with Crippen LogP contribution in [0.4, 0.5) is 0 Å². The normalized spacial score (nSPS) is 29.6. The molecular formula is C13H26O4Si. The van der Waals surface area contributed by atoms with E-state index < -0.39 is 14.4 Å². The van der Waals surface area contributed by atoms with Gasteiger partial charge in [0.1, 0.15) is 12.2 Å². The zero-order valence-electron chi connectivity index (χ0n) is 12.3. The Balaban J connectivity index is 2.56. The molecule has 0 spiro atoms. The molecule has 106 valence electrons. The molecule has 1 rings (SSSR count). The summed E-state index contributed by atoms with van der Waals surface area (Å²) in [5.41, 5.74) is 0. The zero-order valence-corrected chi connectivity index (χ0v) is 13.3. The van der Waals surface area contributed by atoms with Gasteiger partial charge in [0.05, 0.1) is 6.61 Å². The SMILES string of the molecule is CO[C@H]1C=C[C@@H](O)[C@H](CO[Si](C)(C)C(C)(C)C)O1. The summed E-state index contributed by atoms with van der Waals surface area (Å²) in [6, 6.07) is 0. The van der Waals surface area contributed by atoms with Crippen molar-refractivity contribution in [1.82, 2.24) is 0 Å². The highest BCUT2D eigenvalue weighted by Gasteiger charge is 2.38. The molecule has 1 aliphatic heterocycles. The van der Waals surface area contributed by atoms with Crippen LogP contribution in [0.5, 0.6) is 0 Å². The second-order valence-electron chi connectivity index (χ2n) is 6.23. The molecule has 0 saturated heterocycles. The number of aliphatic hydroxyl groups excluding tert-OH is 1. The molecule has 0 aromatic heterocycles. The molecule has 0 amide bonds. The van der Waals surface area contributed by atoms with Gasteiger partial charge in [-0.1, -0.05) is 26.8 Å². The average Bonchev–Trinajstić information content (AvgIpc) is 2.26. The Hall–Kier alpha value is -0.203. The van der Waals surface area contributed by atoms with Crippen LogP contribution < -0.4 is 0 Å². The highest BCUT2D eigenvalue weighted by atomic mass is 28.4. The van der Waals surface area contributed by atoms with Crippen LogP contribution in [0, 0.1) is 0 Å². The van der Waals surface area contributed by atoms with E-state index in [1.54, 1.807) is 19.3 Å². The number of ether oxygens (including phenoxy) is 2. The van der Waals surface area contributed by atoms with Crippen molar-refractivity contribution in [3.8, 4) is 0 Å². The number of aliphatic hydroxyl groups is 1. The molecular weight excluding hydrogens is 248 g/mol. The van der Waals surface area contributed by atoms with Gasteiger partial charge >= 0.3 is 0 Å². The third-order valence-electron chi connectivity index (χ3n) is 3.80. The van der Waals surface area contributed by atoms with E-state index in [0.29, 0.717) is 6.61 Å². The lowest BCUT2D eigenvalue weighted by Crippen LogP contribution is -2.46. The molecule has 0 unspecified atom stereocenters. The summed E-state index contributed by atoms with van der Waals surface area (Å²) in [7, 11) is -0.225. The fraction of sp³-hybridized carbons (Fsp3) is 0.846. The van der Waals surface area contributed by atoms with Gasteiger partial charge in [0, 0.05) is 7.11 Å². The van der Waals surface area contributed by atoms with Gasteiger partial charge in [-0.25, -0.2) is 0 Å². The Morgan fingerprint density at radius 3 is 2.39 bits per heavy atom. The minimum absolute atomic E-state index is 0.156. The van der Waals surface area contributed by atoms with Crippen LogP contribution in [0.3, 0.4) is 0 Å². The largest absolute Gasteiger partial charge is 0.414 e. The quantitative estimate of drug-likeness (QED) is 0.631. The van der Waals surface area contributed by atoms with Crippen LogP contribution in [-0.2, 0) is 13.9 Å². The van der Waals surface area contributed by atoms with Crippen molar-refractivity contribution in [2.45, 2.75) is 57.4 Å². The van der Waals surface area contributed by atoms with Crippen molar-refractivity contribution >= 4 is 8.32 Å². The molecule has 0 bridgehead atoms. The van der Waals surface area contributed by atoms with Crippen molar-refractivity contribution in [2.24, 2.45) is 0 Å². The first-order chi connectivity index (χ1) is 8.17. The smallest absolute Gasteiger partial charge is 0.192 e. The Kier molecular flexibility index (Phi) is 5.14. The summed E-state index contributed by atoms with van der Waals surface area (Å²) in [6.45, 7) is 11.3. The van der Waals surface area contributed by atoms with E-state index in [2.05, 4.69) is 33.9 Å². The van der Waals surface area contributed by atoms with Gasteiger partial charge in [-0.05, 0) is 24.2 Å². The zero-order chi connectivity index (χ0) is 14.0. The number of hydrogen-bond acceptors (Lipinski definition) is 4. The highest BCUT2D eigenvalue weighted by molar-refractivity contribution is 6.74. The van der Waals surface area contributed by atoms with Gasteiger partial charge in [-0.15, -0.1) is 0 Å². The maximum absolute atomic E-state index is 9.85. The van der Waals surface area contributed by atoms with E-state index in [1.807, 2.05) is 0 Å². The summed E-state index contributed by atoms with van der Waals surface area (Å²) in [4.78, 5) is 0. The summed E-state index contributed by atoms with van der Waals surface area (Å²) in [5, 5.41) is 10.0. The van der Waals surface area contributed by atoms with Crippen molar-refractivity contribution in [2.75, 3.05) is 13.7 Å². The molecule has 0 aromatic rings. The molecule has 0 fully saturated rings. The number of rotatable bonds is 4. The first kappa shape index (κ1) is 15.9. The van der Waals surface area contributed by atoms with E-state index in [-0.39, 0.29) is 17.4 Å². The lowest BCUT2D eigenvalue weighted by molar-refractivity contribution is -0.166. The molecule has 4 nitrogen and oxygen atoms in total. The fourth-order valence-electron chi connectivity index (χ4n) is 1.41. The van der Waals surface area contributed by atoms with E-state index in [9.17, 15) is 5.11 Å². The Labute approximate surface area is 111 Å². The fourth-order valence-corrected chi connectivity index (χ4v) is 2.42. The van der Waals surface area contributed by atoms with Gasteiger partial charge < -0.3 is 19.0 Å². The first-order valence-corrected chi connectivity index (χ1v) is 9.27. The van der Waals surface area contributed by atoms with Crippen LogP contribution in [0.25, 0.3) is 0 Å². The molecule has 1 aliphatic rings. The van der Waals surface area contributed by atoms with Crippen LogP contribution in [0.15, 0.2) is 12.2 Å². The molecule has 1 heterocycles. The van der Waals surface area contributed by atoms with Crippen molar-refractivity contribution in [1.29, 1.82) is 0 Å². The maximum Gasteiger partial charge on any atom is 0.192 e. The minimum Gasteiger partial charge on any atom is -0.414 e. The second-order valence-corrected chi connectivity index (χ2v) is 11.0. The van der Waals surface area contributed by atoms with Crippen LogP contribution in [-0.4, -0.2) is 45.6 Å². The van der Waals surface area contributed by atoms with Gasteiger partial charge in [0.15, 0.2) is 14.6 Å². The predicted octanol–water partition coefficient (Wildman–Crippen LogP) is 2.30. The predicted molar refractivity (Wildman–Crippen MR) is 74.0 cm³/mol. The third kappa shape index (κ3) is 3.90. The summed E-state index contributed by atoms with van der Waals surface area (Å²) >= 11 is 0. The minimum atomic E-state index is -1.81. The Morgan fingerprint density at radius 2 is 1.89 bits per heavy atom. The van der Waals surface area contributed by atoms with E-state index >= 15 is 0 Å². The number of hydrogen-bond donors (Lipinski definition) is 1. The third-order valence-corrected chi connectivity index (χ3v) is 8.30. The van der Waals surface area contributed by atoms with E-state index in [0.717, 1.165) is 0 Å². The van der Waals surface area contributed by atoms with Crippen molar-refractivity contribution < 1.29 is 19.0 Å². The van der Waals surface area contributed by atoms with Gasteiger partial charge in [0.2, 0.25) is 0 Å². The summed E-state index contributed by atoms with van der Waals surface area (Å²) < 4.78 is 16.8. The molecule has 18 heavy (non-hydrogen) atoms. The Bertz CT molecular complexity index is 296. The lowest BCUT2D eigenvalue weighted by Gasteiger charge is -2.38. The molecule has 0 aromatic carbocycles. The number of methoxy groups -OCH3 is 1. The summed E-state index contributed by atoms with van der Waals surface area (Å²) in [5.74, 6) is 0. The standard InChI is InChI=1S/C13H26O4Si/c1-13(2,3)18(5,6)16-9-11-10(14)7-8-12(15-4)17-11/h7-8,10-12,14H,9H2,1-6H3/t10-,11+,12-/m1/s1. The van der Waals surface area contributed by atoms with E-state index in [1.165, 1.54) is 0 Å². The molecule has 5 heteroatoms. The Morgan fingerprint density at radius 1 is 1.28 bits per heavy atom. The average molecular weight is 274 g/mol. The van der Waals surface area contributed by atoms with Crippen molar-refractivity contribution in [3.63, 3.8) is 0 Å². The van der Waals surface area contributed by atoms with Gasteiger partial charge in [0.25, 0.3) is 0 Å². The van der Waals surface area contributed by atoms with Crippen LogP contribution >= 0.6 is 0 Å². The maximum atomic E-state index is 9.85. The molecule has 0 aliphatic carbocycles. The van der Waals surface area contributed by atoms with Gasteiger partial charge in [-0.2, -0.15) is 0 Å². The van der Waals surface area contributed by atoms with Crippen LogP contribution in [0.1, 0.15) is 20.8 Å². The molecule has 1 N–H and O–H groups in total. The first-order valence-electron chi connectivity index (χ1n) is 6.36. The summed E-state index contributed by atoms with van der Waals surface area (Å²) in [6.07, 6.45) is 2.06. The molecule has 3 atom stereocenters. The second kappa shape index (κ2) is 5.84. The van der Waals surface area contributed by atoms with Crippen LogP contribution in [0.2, 0.25) is 18.1 Å². The highest BCUT2D eigenvalue weighted by Crippen LogP contribution is 2.36. The van der Waals surface area contributed by atoms with Gasteiger partial charge in [-0.3, -0.25) is 0 Å². The van der Waals surface area contributed by atoms with Crippen molar-refractivity contribution in [3.05, 3.63) is 12.2 Å². The lowest BCUT2D eigenvalue weighted by atomic mass is 10.1. The molecule has 0 radical (unpaired) electrons. The monoisotopic (exact) mass is 274 g/mol.